The molecular weight excluding hydrogens is 276 g/mol. The van der Waals surface area contributed by atoms with Gasteiger partial charge in [-0.25, -0.2) is 8.42 Å². The van der Waals surface area contributed by atoms with Gasteiger partial charge in [0.25, 0.3) is 0 Å². The van der Waals surface area contributed by atoms with E-state index < -0.39 is 8.87 Å². The molecule has 0 spiro atoms. The molecule has 1 rings (SSSR count). The summed E-state index contributed by atoms with van der Waals surface area (Å²) in [4.78, 5) is 0.336. The van der Waals surface area contributed by atoms with Crippen LogP contribution in [0.1, 0.15) is 32.6 Å². The fourth-order valence-electron chi connectivity index (χ4n) is 1.37. The second kappa shape index (κ2) is 7.29. The minimum absolute atomic E-state index is 0.336. The van der Waals surface area contributed by atoms with Crippen LogP contribution in [0.4, 0.5) is 0 Å². The van der Waals surface area contributed by atoms with Crippen molar-refractivity contribution in [1.29, 1.82) is 0 Å². The summed E-state index contributed by atoms with van der Waals surface area (Å²) >= 11 is 5.72. The first-order valence-corrected chi connectivity index (χ1v) is 9.07. The molecule has 0 aliphatic carbocycles. The molecule has 0 aliphatic rings. The Kier molecular flexibility index (Phi) is 6.38. The number of hydrogen-bond acceptors (Lipinski definition) is 3. The maximum Gasteiger partial charge on any atom is 0.229 e. The first-order chi connectivity index (χ1) is 8.06. The molecule has 0 bridgehead atoms. The fourth-order valence-corrected chi connectivity index (χ4v) is 4.39. The molecule has 5 heteroatoms. The van der Waals surface area contributed by atoms with Gasteiger partial charge in [-0.2, -0.15) is 0 Å². The average Bonchev–Trinajstić information content (AvgIpc) is 2.29. The highest BCUT2D eigenvalue weighted by Crippen LogP contribution is 2.25. The lowest BCUT2D eigenvalue weighted by molar-refractivity contribution is 0.610. The zero-order valence-corrected chi connectivity index (χ0v) is 12.2. The van der Waals surface area contributed by atoms with E-state index >= 15 is 0 Å². The van der Waals surface area contributed by atoms with Gasteiger partial charge in [0.2, 0.25) is 8.87 Å². The molecule has 0 saturated heterocycles. The van der Waals surface area contributed by atoms with E-state index in [0.29, 0.717) is 15.7 Å². The molecule has 1 aromatic rings. The first-order valence-electron chi connectivity index (χ1n) is 5.71. The number of rotatable bonds is 7. The van der Waals surface area contributed by atoms with Crippen molar-refractivity contribution in [2.45, 2.75) is 37.5 Å². The Bertz CT molecular complexity index is 426. The van der Waals surface area contributed by atoms with Crippen LogP contribution < -0.4 is 0 Å². The normalized spacial score (nSPS) is 11.6. The van der Waals surface area contributed by atoms with Crippen LogP contribution in [0, 0.1) is 0 Å². The van der Waals surface area contributed by atoms with Gasteiger partial charge in [0.05, 0.1) is 4.90 Å². The van der Waals surface area contributed by atoms with Crippen LogP contribution >= 0.6 is 22.4 Å². The predicted octanol–water partition coefficient (Wildman–Crippen LogP) is 4.34. The molecule has 0 saturated carbocycles. The van der Waals surface area contributed by atoms with Crippen LogP contribution in [0.2, 0.25) is 5.02 Å². The van der Waals surface area contributed by atoms with Gasteiger partial charge >= 0.3 is 0 Å². The van der Waals surface area contributed by atoms with E-state index in [1.54, 1.807) is 24.3 Å². The molecule has 0 N–H and O–H groups in total. The average molecular weight is 293 g/mol. The van der Waals surface area contributed by atoms with Gasteiger partial charge in [-0.05, 0) is 41.5 Å². The standard InChI is InChI=1S/C12H17ClO2S2/c1-2-3-4-5-10-16-17(14,15)12-8-6-11(13)7-9-12/h6-9H,2-5,10H2,1H3. The van der Waals surface area contributed by atoms with E-state index in [1.165, 1.54) is 6.42 Å². The summed E-state index contributed by atoms with van der Waals surface area (Å²) < 4.78 is 23.8. The van der Waals surface area contributed by atoms with Crippen LogP contribution in [-0.4, -0.2) is 14.2 Å². The summed E-state index contributed by atoms with van der Waals surface area (Å²) in [6, 6.07) is 6.31. The monoisotopic (exact) mass is 292 g/mol. The van der Waals surface area contributed by atoms with Gasteiger partial charge in [-0.1, -0.05) is 37.8 Å². The summed E-state index contributed by atoms with van der Waals surface area (Å²) in [5.74, 6) is 0.658. The van der Waals surface area contributed by atoms with Gasteiger partial charge in [0.1, 0.15) is 0 Å². The molecule has 0 heterocycles. The molecule has 0 aromatic heterocycles. The molecule has 2 nitrogen and oxygen atoms in total. The molecule has 0 aliphatic heterocycles. The summed E-state index contributed by atoms with van der Waals surface area (Å²) in [5.41, 5.74) is 0. The van der Waals surface area contributed by atoms with Crippen molar-refractivity contribution < 1.29 is 8.42 Å². The molecule has 0 unspecified atom stereocenters. The lowest BCUT2D eigenvalue weighted by atomic mass is 10.2. The molecule has 96 valence electrons. The molecule has 0 atom stereocenters. The summed E-state index contributed by atoms with van der Waals surface area (Å²) in [5, 5.41) is 0.553. The minimum atomic E-state index is -3.21. The lowest BCUT2D eigenvalue weighted by Gasteiger charge is -2.03. The second-order valence-electron chi connectivity index (χ2n) is 3.79. The van der Waals surface area contributed by atoms with Crippen molar-refractivity contribution in [3.63, 3.8) is 0 Å². The minimum Gasteiger partial charge on any atom is -0.212 e. The van der Waals surface area contributed by atoms with Crippen LogP contribution in [0.3, 0.4) is 0 Å². The first kappa shape index (κ1) is 14.9. The largest absolute Gasteiger partial charge is 0.229 e. The quantitative estimate of drug-likeness (QED) is 0.554. The van der Waals surface area contributed by atoms with E-state index in [-0.39, 0.29) is 0 Å². The Morgan fingerprint density at radius 2 is 1.76 bits per heavy atom. The van der Waals surface area contributed by atoms with E-state index in [1.807, 2.05) is 0 Å². The van der Waals surface area contributed by atoms with E-state index in [4.69, 9.17) is 11.6 Å². The van der Waals surface area contributed by atoms with Gasteiger partial charge in [0, 0.05) is 10.8 Å². The maximum atomic E-state index is 11.9. The number of hydrogen-bond donors (Lipinski definition) is 0. The van der Waals surface area contributed by atoms with Crippen LogP contribution in [-0.2, 0) is 8.87 Å². The highest BCUT2D eigenvalue weighted by molar-refractivity contribution is 8.72. The van der Waals surface area contributed by atoms with Crippen molar-refractivity contribution in [3.8, 4) is 0 Å². The van der Waals surface area contributed by atoms with E-state index in [9.17, 15) is 8.42 Å². The molecule has 0 fully saturated rings. The SMILES string of the molecule is CCCCCCSS(=O)(=O)c1ccc(Cl)cc1. The third-order valence-corrected chi connectivity index (χ3v) is 6.21. The van der Waals surface area contributed by atoms with E-state index in [0.717, 1.165) is 30.1 Å². The molecule has 0 radical (unpaired) electrons. The molecular formula is C12H17ClO2S2. The van der Waals surface area contributed by atoms with Crippen LogP contribution in [0.25, 0.3) is 0 Å². The Hall–Kier alpha value is -0.190. The number of halogens is 1. The highest BCUT2D eigenvalue weighted by Gasteiger charge is 2.14. The third-order valence-electron chi connectivity index (χ3n) is 2.34. The van der Waals surface area contributed by atoms with Gasteiger partial charge in [-0.3, -0.25) is 0 Å². The molecule has 17 heavy (non-hydrogen) atoms. The Morgan fingerprint density at radius 1 is 1.12 bits per heavy atom. The third kappa shape index (κ3) is 5.32. The van der Waals surface area contributed by atoms with Crippen molar-refractivity contribution >= 4 is 31.3 Å². The Morgan fingerprint density at radius 3 is 2.35 bits per heavy atom. The topological polar surface area (TPSA) is 34.1 Å². The Balaban J connectivity index is 2.48. The highest BCUT2D eigenvalue weighted by atomic mass is 35.5. The summed E-state index contributed by atoms with van der Waals surface area (Å²) in [6.07, 6.45) is 4.38. The zero-order chi connectivity index (χ0) is 12.7. The Labute approximate surface area is 112 Å². The second-order valence-corrected chi connectivity index (χ2v) is 8.27. The maximum absolute atomic E-state index is 11.9. The lowest BCUT2D eigenvalue weighted by Crippen LogP contribution is -1.96. The van der Waals surface area contributed by atoms with Crippen molar-refractivity contribution in [3.05, 3.63) is 29.3 Å². The van der Waals surface area contributed by atoms with E-state index in [2.05, 4.69) is 6.92 Å². The van der Waals surface area contributed by atoms with Gasteiger partial charge < -0.3 is 0 Å². The molecule has 1 aromatic carbocycles. The van der Waals surface area contributed by atoms with Gasteiger partial charge in [-0.15, -0.1) is 0 Å². The smallest absolute Gasteiger partial charge is 0.212 e. The number of unbranched alkanes of at least 4 members (excludes halogenated alkanes) is 3. The van der Waals surface area contributed by atoms with Crippen molar-refractivity contribution in [1.82, 2.24) is 0 Å². The fraction of sp³-hybridized carbons (Fsp3) is 0.500. The van der Waals surface area contributed by atoms with Crippen LogP contribution in [0.5, 0.6) is 0 Å². The molecule has 0 amide bonds. The summed E-state index contributed by atoms with van der Waals surface area (Å²) in [6.45, 7) is 2.14. The van der Waals surface area contributed by atoms with Crippen LogP contribution in [0.15, 0.2) is 29.2 Å². The van der Waals surface area contributed by atoms with Crippen molar-refractivity contribution in [2.24, 2.45) is 0 Å². The number of benzene rings is 1. The predicted molar refractivity (Wildman–Crippen MR) is 75.2 cm³/mol. The zero-order valence-electron chi connectivity index (χ0n) is 9.86. The van der Waals surface area contributed by atoms with Crippen molar-refractivity contribution in [2.75, 3.05) is 5.75 Å². The summed E-state index contributed by atoms with van der Waals surface area (Å²) in [7, 11) is -2.19. The van der Waals surface area contributed by atoms with Gasteiger partial charge in [0.15, 0.2) is 0 Å².